The van der Waals surface area contributed by atoms with Crippen molar-refractivity contribution in [3.05, 3.63) is 47.7 Å². The fourth-order valence-electron chi connectivity index (χ4n) is 1.46. The summed E-state index contributed by atoms with van der Waals surface area (Å²) in [4.78, 5) is 15.2. The van der Waals surface area contributed by atoms with E-state index in [0.29, 0.717) is 5.56 Å². The van der Waals surface area contributed by atoms with Crippen LogP contribution in [0.4, 0.5) is 13.2 Å². The molecule has 0 aromatic heterocycles. The van der Waals surface area contributed by atoms with E-state index in [0.717, 1.165) is 13.0 Å². The van der Waals surface area contributed by atoms with E-state index < -0.39 is 18.1 Å². The lowest BCUT2D eigenvalue weighted by Crippen LogP contribution is -2.18. The lowest BCUT2D eigenvalue weighted by atomic mass is 10.1. The Morgan fingerprint density at radius 2 is 1.89 bits per heavy atom. The van der Waals surface area contributed by atoms with Crippen LogP contribution in [0.15, 0.2) is 47.1 Å². The van der Waals surface area contributed by atoms with E-state index in [4.69, 9.17) is 4.74 Å². The van der Waals surface area contributed by atoms with Crippen molar-refractivity contribution in [2.24, 2.45) is 10.9 Å². The predicted molar refractivity (Wildman–Crippen MR) is 62.4 cm³/mol. The molecule has 1 aliphatic heterocycles. The van der Waals surface area contributed by atoms with Crippen LogP contribution >= 0.6 is 0 Å². The molecular weight excluding hydrogens is 259 g/mol. The molecular formula is C13H10F3NO2. The first kappa shape index (κ1) is 13.3. The number of halogens is 3. The van der Waals surface area contributed by atoms with Gasteiger partial charge >= 0.3 is 12.1 Å². The van der Waals surface area contributed by atoms with E-state index >= 15 is 0 Å². The number of alkyl halides is 3. The zero-order valence-corrected chi connectivity index (χ0v) is 9.94. The van der Waals surface area contributed by atoms with Gasteiger partial charge in [-0.05, 0) is 18.2 Å². The highest BCUT2D eigenvalue weighted by molar-refractivity contribution is 6.11. The Morgan fingerprint density at radius 3 is 2.47 bits per heavy atom. The second-order valence-electron chi connectivity index (χ2n) is 4.05. The van der Waals surface area contributed by atoms with Crippen LogP contribution in [-0.4, -0.2) is 18.0 Å². The van der Waals surface area contributed by atoms with Gasteiger partial charge in [-0.1, -0.05) is 25.1 Å². The van der Waals surface area contributed by atoms with Crippen LogP contribution in [0, 0.1) is 5.92 Å². The molecule has 100 valence electrons. The summed E-state index contributed by atoms with van der Waals surface area (Å²) >= 11 is 0. The first-order chi connectivity index (χ1) is 8.88. The Kier molecular flexibility index (Phi) is 3.42. The van der Waals surface area contributed by atoms with Crippen LogP contribution in [0.3, 0.4) is 0 Å². The van der Waals surface area contributed by atoms with Crippen molar-refractivity contribution in [3.8, 4) is 0 Å². The van der Waals surface area contributed by atoms with Crippen molar-refractivity contribution in [2.75, 3.05) is 0 Å². The molecule has 2 rings (SSSR count). The zero-order chi connectivity index (χ0) is 14.0. The van der Waals surface area contributed by atoms with Crippen molar-refractivity contribution in [1.82, 2.24) is 0 Å². The molecule has 1 aromatic carbocycles. The molecule has 19 heavy (non-hydrogen) atoms. The van der Waals surface area contributed by atoms with Gasteiger partial charge in [-0.25, -0.2) is 9.79 Å². The van der Waals surface area contributed by atoms with Gasteiger partial charge in [0, 0.05) is 5.56 Å². The van der Waals surface area contributed by atoms with E-state index in [1.54, 1.807) is 30.3 Å². The van der Waals surface area contributed by atoms with E-state index in [2.05, 4.69) is 4.99 Å². The van der Waals surface area contributed by atoms with E-state index in [1.807, 2.05) is 0 Å². The van der Waals surface area contributed by atoms with Gasteiger partial charge in [-0.3, -0.25) is 0 Å². The monoisotopic (exact) mass is 269 g/mol. The van der Waals surface area contributed by atoms with E-state index in [-0.39, 0.29) is 11.6 Å². The average molecular weight is 269 g/mol. The highest BCUT2D eigenvalue weighted by atomic mass is 19.4. The van der Waals surface area contributed by atoms with Crippen molar-refractivity contribution in [1.29, 1.82) is 0 Å². The smallest absolute Gasteiger partial charge is 0.394 e. The summed E-state index contributed by atoms with van der Waals surface area (Å²) in [6, 6.07) is 8.51. The number of hydrogen-bond donors (Lipinski definition) is 0. The molecule has 0 spiro atoms. The van der Waals surface area contributed by atoms with Gasteiger partial charge in [0.15, 0.2) is 0 Å². The van der Waals surface area contributed by atoms with Crippen LogP contribution in [0.5, 0.6) is 0 Å². The quantitative estimate of drug-likeness (QED) is 0.611. The first-order valence-corrected chi connectivity index (χ1v) is 5.53. The van der Waals surface area contributed by atoms with Gasteiger partial charge in [0.25, 0.3) is 0 Å². The third kappa shape index (κ3) is 3.01. The van der Waals surface area contributed by atoms with Crippen LogP contribution < -0.4 is 0 Å². The molecule has 1 atom stereocenters. The Bertz CT molecular complexity index is 547. The predicted octanol–water partition coefficient (Wildman–Crippen LogP) is 3.07. The second kappa shape index (κ2) is 4.87. The number of esters is 1. The summed E-state index contributed by atoms with van der Waals surface area (Å²) in [7, 11) is 0. The summed E-state index contributed by atoms with van der Waals surface area (Å²) in [5.74, 6) is -2.60. The number of aliphatic imine (C=N–C) groups is 1. The number of rotatable bonds is 2. The SMILES string of the molecule is C[C@H](/C=C1\N=C(c2ccccc2)OC1=O)C(F)(F)F. The zero-order valence-electron chi connectivity index (χ0n) is 9.94. The lowest BCUT2D eigenvalue weighted by molar-refractivity contribution is -0.156. The molecule has 0 amide bonds. The van der Waals surface area contributed by atoms with Gasteiger partial charge in [0.1, 0.15) is 5.70 Å². The largest absolute Gasteiger partial charge is 0.402 e. The highest BCUT2D eigenvalue weighted by Gasteiger charge is 2.36. The minimum atomic E-state index is -4.40. The summed E-state index contributed by atoms with van der Waals surface area (Å²) in [6.07, 6.45) is -3.64. The number of carbonyl (C=O) groups is 1. The number of benzene rings is 1. The Balaban J connectivity index is 2.27. The number of hydrogen-bond acceptors (Lipinski definition) is 3. The minimum absolute atomic E-state index is 0.0197. The summed E-state index contributed by atoms with van der Waals surface area (Å²) in [5.41, 5.74) is 0.225. The van der Waals surface area contributed by atoms with Crippen LogP contribution in [0.2, 0.25) is 0 Å². The second-order valence-corrected chi connectivity index (χ2v) is 4.05. The molecule has 0 unspecified atom stereocenters. The average Bonchev–Trinajstić information content (AvgIpc) is 2.71. The summed E-state index contributed by atoms with van der Waals surface area (Å²) < 4.78 is 42.1. The number of allylic oxidation sites excluding steroid dienone is 1. The summed E-state index contributed by atoms with van der Waals surface area (Å²) in [6.45, 7) is 0.955. The van der Waals surface area contributed by atoms with Crippen LogP contribution in [-0.2, 0) is 9.53 Å². The van der Waals surface area contributed by atoms with Crippen molar-refractivity contribution in [3.63, 3.8) is 0 Å². The molecule has 1 heterocycles. The Labute approximate surface area is 107 Å². The first-order valence-electron chi connectivity index (χ1n) is 5.53. The Hall–Kier alpha value is -2.11. The maximum absolute atomic E-state index is 12.4. The maximum Gasteiger partial charge on any atom is 0.394 e. The molecule has 6 heteroatoms. The van der Waals surface area contributed by atoms with Crippen molar-refractivity contribution < 1.29 is 22.7 Å². The lowest BCUT2D eigenvalue weighted by Gasteiger charge is -2.10. The molecule has 1 aromatic rings. The number of nitrogens with zero attached hydrogens (tertiary/aromatic N) is 1. The molecule has 0 fully saturated rings. The fourth-order valence-corrected chi connectivity index (χ4v) is 1.46. The van der Waals surface area contributed by atoms with Gasteiger partial charge in [-0.15, -0.1) is 0 Å². The molecule has 0 radical (unpaired) electrons. The topological polar surface area (TPSA) is 38.7 Å². The number of ether oxygens (including phenoxy) is 1. The maximum atomic E-state index is 12.4. The fraction of sp³-hybridized carbons (Fsp3) is 0.231. The Morgan fingerprint density at radius 1 is 1.26 bits per heavy atom. The number of cyclic esters (lactones) is 1. The minimum Gasteiger partial charge on any atom is -0.402 e. The normalized spacial score (nSPS) is 19.3. The van der Waals surface area contributed by atoms with E-state index in [9.17, 15) is 18.0 Å². The molecule has 0 saturated carbocycles. The van der Waals surface area contributed by atoms with Gasteiger partial charge in [0.2, 0.25) is 5.90 Å². The summed E-state index contributed by atoms with van der Waals surface area (Å²) in [5, 5.41) is 0. The van der Waals surface area contributed by atoms with Crippen LogP contribution in [0.1, 0.15) is 12.5 Å². The van der Waals surface area contributed by atoms with Crippen LogP contribution in [0.25, 0.3) is 0 Å². The van der Waals surface area contributed by atoms with Crippen molar-refractivity contribution in [2.45, 2.75) is 13.1 Å². The third-order valence-corrected chi connectivity index (χ3v) is 2.57. The van der Waals surface area contributed by atoms with Gasteiger partial charge < -0.3 is 4.74 Å². The van der Waals surface area contributed by atoms with Crippen molar-refractivity contribution >= 4 is 11.9 Å². The molecule has 1 aliphatic rings. The standard InChI is InChI=1S/C13H10F3NO2/c1-8(13(14,15)16)7-10-12(18)19-11(17-10)9-5-3-2-4-6-9/h2-8H,1H3/b10-7-/t8-/m1/s1. The third-order valence-electron chi connectivity index (χ3n) is 2.57. The van der Waals surface area contributed by atoms with Gasteiger partial charge in [0.05, 0.1) is 5.92 Å². The molecule has 0 saturated heterocycles. The van der Waals surface area contributed by atoms with Gasteiger partial charge in [-0.2, -0.15) is 13.2 Å². The molecule has 0 N–H and O–H groups in total. The number of carbonyl (C=O) groups excluding carboxylic acids is 1. The highest BCUT2D eigenvalue weighted by Crippen LogP contribution is 2.29. The molecule has 0 bridgehead atoms. The molecule has 3 nitrogen and oxygen atoms in total. The van der Waals surface area contributed by atoms with E-state index in [1.165, 1.54) is 0 Å². The molecule has 0 aliphatic carbocycles.